The maximum atomic E-state index is 14.1. The molecule has 2 aromatic rings. The number of anilines is 1. The Bertz CT molecular complexity index is 584. The standard InChI is InChI=1S/C14H17FN2O.ClH/c1-9-8-18-14-11(9)3-4-12(15)13(14)17-6-5-16-10(2)7-17;/h3-4,8,10,16H,5-7H2,1-2H3;1H/t10-;/m0./s1. The fourth-order valence-corrected chi connectivity index (χ4v) is 2.62. The van der Waals surface area contributed by atoms with Crippen LogP contribution in [0.5, 0.6) is 0 Å². The maximum absolute atomic E-state index is 14.1. The predicted molar refractivity (Wildman–Crippen MR) is 77.8 cm³/mol. The minimum absolute atomic E-state index is 0. The fraction of sp³-hybridized carbons (Fsp3) is 0.429. The number of benzene rings is 1. The minimum Gasteiger partial charge on any atom is -0.462 e. The van der Waals surface area contributed by atoms with Gasteiger partial charge >= 0.3 is 0 Å². The summed E-state index contributed by atoms with van der Waals surface area (Å²) in [7, 11) is 0. The molecule has 0 saturated carbocycles. The average molecular weight is 285 g/mol. The maximum Gasteiger partial charge on any atom is 0.160 e. The van der Waals surface area contributed by atoms with Crippen LogP contribution in [0.2, 0.25) is 0 Å². The van der Waals surface area contributed by atoms with Crippen LogP contribution in [0.4, 0.5) is 10.1 Å². The van der Waals surface area contributed by atoms with Gasteiger partial charge in [0, 0.05) is 31.1 Å². The molecule has 2 heterocycles. The lowest BCUT2D eigenvalue weighted by Gasteiger charge is -2.33. The molecular formula is C14H18ClFN2O. The molecule has 0 amide bonds. The summed E-state index contributed by atoms with van der Waals surface area (Å²) in [6.45, 7) is 6.57. The highest BCUT2D eigenvalue weighted by Gasteiger charge is 2.22. The number of hydrogen-bond donors (Lipinski definition) is 1. The van der Waals surface area contributed by atoms with Gasteiger partial charge in [0.2, 0.25) is 0 Å². The predicted octanol–water partition coefficient (Wildman–Crippen LogP) is 3.10. The number of rotatable bonds is 1. The summed E-state index contributed by atoms with van der Waals surface area (Å²) in [5.41, 5.74) is 2.32. The van der Waals surface area contributed by atoms with Crippen molar-refractivity contribution in [1.29, 1.82) is 0 Å². The summed E-state index contributed by atoms with van der Waals surface area (Å²) < 4.78 is 19.7. The van der Waals surface area contributed by atoms with Gasteiger partial charge in [0.1, 0.15) is 11.5 Å². The second-order valence-corrected chi connectivity index (χ2v) is 4.99. The highest BCUT2D eigenvalue weighted by Crippen LogP contribution is 2.33. The van der Waals surface area contributed by atoms with Crippen molar-refractivity contribution >= 4 is 29.1 Å². The lowest BCUT2D eigenvalue weighted by Crippen LogP contribution is -2.49. The second kappa shape index (κ2) is 5.39. The van der Waals surface area contributed by atoms with E-state index in [4.69, 9.17) is 4.42 Å². The Balaban J connectivity index is 0.00000133. The highest BCUT2D eigenvalue weighted by atomic mass is 35.5. The number of nitrogens with zero attached hydrogens (tertiary/aromatic N) is 1. The summed E-state index contributed by atoms with van der Waals surface area (Å²) in [6, 6.07) is 3.69. The Kier molecular flexibility index (Phi) is 4.02. The molecule has 1 fully saturated rings. The first-order valence-electron chi connectivity index (χ1n) is 6.31. The zero-order valence-electron chi connectivity index (χ0n) is 11.1. The molecule has 0 unspecified atom stereocenters. The van der Waals surface area contributed by atoms with Crippen molar-refractivity contribution in [1.82, 2.24) is 5.32 Å². The molecule has 0 spiro atoms. The Hall–Kier alpha value is -1.26. The number of fused-ring (bicyclic) bond motifs is 1. The SMILES string of the molecule is Cc1coc2c(N3CCN[C@@H](C)C3)c(F)ccc12.Cl. The summed E-state index contributed by atoms with van der Waals surface area (Å²) in [5.74, 6) is -0.203. The third-order valence-corrected chi connectivity index (χ3v) is 3.55. The van der Waals surface area contributed by atoms with Crippen LogP contribution in [0.1, 0.15) is 12.5 Å². The molecule has 3 nitrogen and oxygen atoms in total. The first-order valence-corrected chi connectivity index (χ1v) is 6.31. The van der Waals surface area contributed by atoms with Crippen molar-refractivity contribution < 1.29 is 8.81 Å². The number of furan rings is 1. The molecular weight excluding hydrogens is 267 g/mol. The molecule has 1 aliphatic rings. The molecule has 0 bridgehead atoms. The van der Waals surface area contributed by atoms with Crippen LogP contribution in [-0.2, 0) is 0 Å². The van der Waals surface area contributed by atoms with Gasteiger partial charge in [0.15, 0.2) is 5.58 Å². The molecule has 5 heteroatoms. The third-order valence-electron chi connectivity index (χ3n) is 3.55. The molecule has 0 aliphatic carbocycles. The first kappa shape index (κ1) is 14.2. The molecule has 1 aromatic carbocycles. The second-order valence-electron chi connectivity index (χ2n) is 4.99. The van der Waals surface area contributed by atoms with Gasteiger partial charge in [0.05, 0.1) is 6.26 Å². The van der Waals surface area contributed by atoms with Gasteiger partial charge in [0.25, 0.3) is 0 Å². The topological polar surface area (TPSA) is 28.4 Å². The van der Waals surface area contributed by atoms with E-state index in [2.05, 4.69) is 17.1 Å². The Morgan fingerprint density at radius 3 is 2.95 bits per heavy atom. The number of aryl methyl sites for hydroxylation is 1. The molecule has 1 atom stereocenters. The van der Waals surface area contributed by atoms with Gasteiger partial charge in [-0.05, 0) is 31.5 Å². The normalized spacial score (nSPS) is 19.5. The van der Waals surface area contributed by atoms with Crippen molar-refractivity contribution in [2.45, 2.75) is 19.9 Å². The molecule has 1 aliphatic heterocycles. The Labute approximate surface area is 118 Å². The summed E-state index contributed by atoms with van der Waals surface area (Å²) in [6.07, 6.45) is 1.69. The van der Waals surface area contributed by atoms with Gasteiger partial charge in [-0.25, -0.2) is 4.39 Å². The van der Waals surface area contributed by atoms with Crippen LogP contribution in [0.25, 0.3) is 11.0 Å². The van der Waals surface area contributed by atoms with Crippen molar-refractivity contribution in [2.75, 3.05) is 24.5 Å². The average Bonchev–Trinajstić information content (AvgIpc) is 2.71. The van der Waals surface area contributed by atoms with E-state index in [0.29, 0.717) is 17.3 Å². The van der Waals surface area contributed by atoms with E-state index in [-0.39, 0.29) is 18.2 Å². The quantitative estimate of drug-likeness (QED) is 0.872. The molecule has 0 radical (unpaired) electrons. The van der Waals surface area contributed by atoms with Crippen LogP contribution in [0.15, 0.2) is 22.8 Å². The summed E-state index contributed by atoms with van der Waals surface area (Å²) in [5, 5.41) is 4.36. The van der Waals surface area contributed by atoms with E-state index in [9.17, 15) is 4.39 Å². The molecule has 1 N–H and O–H groups in total. The van der Waals surface area contributed by atoms with Crippen LogP contribution in [0, 0.1) is 12.7 Å². The van der Waals surface area contributed by atoms with E-state index in [1.54, 1.807) is 12.3 Å². The van der Waals surface area contributed by atoms with Crippen LogP contribution >= 0.6 is 12.4 Å². The molecule has 19 heavy (non-hydrogen) atoms. The van der Waals surface area contributed by atoms with E-state index in [0.717, 1.165) is 30.6 Å². The van der Waals surface area contributed by atoms with Crippen LogP contribution in [0.3, 0.4) is 0 Å². The summed E-state index contributed by atoms with van der Waals surface area (Å²) >= 11 is 0. The van der Waals surface area contributed by atoms with Gasteiger partial charge in [-0.1, -0.05) is 0 Å². The van der Waals surface area contributed by atoms with Crippen molar-refractivity contribution in [2.24, 2.45) is 0 Å². The van der Waals surface area contributed by atoms with Crippen molar-refractivity contribution in [3.63, 3.8) is 0 Å². The molecule has 1 saturated heterocycles. The van der Waals surface area contributed by atoms with E-state index < -0.39 is 0 Å². The molecule has 1 aromatic heterocycles. The fourth-order valence-electron chi connectivity index (χ4n) is 2.62. The number of hydrogen-bond acceptors (Lipinski definition) is 3. The van der Waals surface area contributed by atoms with E-state index in [1.165, 1.54) is 6.07 Å². The zero-order chi connectivity index (χ0) is 12.7. The monoisotopic (exact) mass is 284 g/mol. The van der Waals surface area contributed by atoms with Crippen LogP contribution < -0.4 is 10.2 Å². The largest absolute Gasteiger partial charge is 0.462 e. The van der Waals surface area contributed by atoms with Crippen molar-refractivity contribution in [3.8, 4) is 0 Å². The van der Waals surface area contributed by atoms with Crippen LogP contribution in [-0.4, -0.2) is 25.7 Å². The first-order chi connectivity index (χ1) is 8.66. The van der Waals surface area contributed by atoms with Gasteiger partial charge in [-0.15, -0.1) is 12.4 Å². The molecule has 3 rings (SSSR count). The number of piperazine rings is 1. The number of halogens is 2. The van der Waals surface area contributed by atoms with Gasteiger partial charge in [-0.2, -0.15) is 0 Å². The molecule has 104 valence electrons. The smallest absolute Gasteiger partial charge is 0.160 e. The number of nitrogens with one attached hydrogen (secondary N) is 1. The van der Waals surface area contributed by atoms with Gasteiger partial charge in [-0.3, -0.25) is 0 Å². The third kappa shape index (κ3) is 2.42. The minimum atomic E-state index is -0.203. The zero-order valence-corrected chi connectivity index (χ0v) is 11.9. The lowest BCUT2D eigenvalue weighted by atomic mass is 10.1. The highest BCUT2D eigenvalue weighted by molar-refractivity contribution is 5.92. The van der Waals surface area contributed by atoms with Gasteiger partial charge < -0.3 is 14.6 Å². The summed E-state index contributed by atoms with van der Waals surface area (Å²) in [4.78, 5) is 2.07. The van der Waals surface area contributed by atoms with E-state index >= 15 is 0 Å². The van der Waals surface area contributed by atoms with E-state index in [1.807, 2.05) is 6.92 Å². The lowest BCUT2D eigenvalue weighted by molar-refractivity contribution is 0.477. The van der Waals surface area contributed by atoms with Crippen molar-refractivity contribution in [3.05, 3.63) is 29.8 Å². The Morgan fingerprint density at radius 1 is 1.42 bits per heavy atom. The Morgan fingerprint density at radius 2 is 2.21 bits per heavy atom.